The minimum atomic E-state index is -0.949. The van der Waals surface area contributed by atoms with Crippen molar-refractivity contribution in [1.29, 1.82) is 0 Å². The van der Waals surface area contributed by atoms with Crippen LogP contribution in [0.25, 0.3) is 22.8 Å². The summed E-state index contributed by atoms with van der Waals surface area (Å²) in [5, 5.41) is 6.49. The van der Waals surface area contributed by atoms with Crippen molar-refractivity contribution >= 4 is 11.6 Å². The van der Waals surface area contributed by atoms with E-state index in [1.165, 1.54) is 13.1 Å². The summed E-state index contributed by atoms with van der Waals surface area (Å²) in [5.41, 5.74) is 1.15. The number of aryl methyl sites for hydroxylation is 1. The van der Waals surface area contributed by atoms with Crippen molar-refractivity contribution < 1.29 is 22.7 Å². The first kappa shape index (κ1) is 21.9. The second-order valence-electron chi connectivity index (χ2n) is 6.93. The van der Waals surface area contributed by atoms with Gasteiger partial charge in [0, 0.05) is 30.4 Å². The van der Waals surface area contributed by atoms with E-state index in [0.29, 0.717) is 35.0 Å². The van der Waals surface area contributed by atoms with Crippen LogP contribution in [-0.4, -0.2) is 27.3 Å². The summed E-state index contributed by atoms with van der Waals surface area (Å²) in [6.07, 6.45) is 0. The number of rotatable bonds is 6. The quantitative estimate of drug-likeness (QED) is 0.474. The van der Waals surface area contributed by atoms with Crippen LogP contribution < -0.4 is 15.8 Å². The highest BCUT2D eigenvalue weighted by Gasteiger charge is 2.18. The molecule has 0 radical (unpaired) electrons. The van der Waals surface area contributed by atoms with Gasteiger partial charge in [-0.2, -0.15) is 4.68 Å². The van der Waals surface area contributed by atoms with Crippen LogP contribution in [-0.2, 0) is 7.05 Å². The Labute approximate surface area is 186 Å². The standard InChI is InChI=1S/C23H18F2N4O4/c1-3-32-15-11-18(27-19(12-15)22-28-29(2)23(31)33-22)13-7-9-14(10-8-13)26-21(30)20-16(24)5-4-6-17(20)25/h4-12H,3H2,1-2H3,(H,26,30). The number of carbonyl (C=O) groups excluding carboxylic acids is 1. The molecule has 0 saturated heterocycles. The van der Waals surface area contributed by atoms with Gasteiger partial charge in [-0.3, -0.25) is 4.79 Å². The molecule has 0 bridgehead atoms. The molecule has 2 aromatic carbocycles. The van der Waals surface area contributed by atoms with E-state index >= 15 is 0 Å². The molecule has 0 spiro atoms. The number of anilines is 1. The third-order valence-corrected chi connectivity index (χ3v) is 4.65. The van der Waals surface area contributed by atoms with Gasteiger partial charge in [-0.25, -0.2) is 18.6 Å². The number of nitrogens with one attached hydrogen (secondary N) is 1. The van der Waals surface area contributed by atoms with E-state index in [1.54, 1.807) is 36.4 Å². The fourth-order valence-corrected chi connectivity index (χ4v) is 3.10. The average Bonchev–Trinajstić information content (AvgIpc) is 3.12. The van der Waals surface area contributed by atoms with E-state index in [1.807, 2.05) is 6.92 Å². The first-order valence-corrected chi connectivity index (χ1v) is 9.91. The van der Waals surface area contributed by atoms with Crippen LogP contribution in [0.5, 0.6) is 5.75 Å². The number of carbonyl (C=O) groups is 1. The van der Waals surface area contributed by atoms with Gasteiger partial charge in [0.2, 0.25) is 0 Å². The molecule has 8 nitrogen and oxygen atoms in total. The number of aromatic nitrogens is 3. The lowest BCUT2D eigenvalue weighted by molar-refractivity contribution is 0.101. The molecule has 0 unspecified atom stereocenters. The van der Waals surface area contributed by atoms with Crippen molar-refractivity contribution in [3.8, 4) is 28.6 Å². The van der Waals surface area contributed by atoms with Gasteiger partial charge in [0.15, 0.2) is 0 Å². The van der Waals surface area contributed by atoms with E-state index in [2.05, 4.69) is 15.4 Å². The number of halogens is 2. The smallest absolute Gasteiger partial charge is 0.437 e. The number of amides is 1. The summed E-state index contributed by atoms with van der Waals surface area (Å²) >= 11 is 0. The highest BCUT2D eigenvalue weighted by molar-refractivity contribution is 6.04. The predicted molar refractivity (Wildman–Crippen MR) is 116 cm³/mol. The fraction of sp³-hybridized carbons (Fsp3) is 0.130. The Morgan fingerprint density at radius 3 is 2.36 bits per heavy atom. The van der Waals surface area contributed by atoms with Gasteiger partial charge in [0.1, 0.15) is 28.6 Å². The predicted octanol–water partition coefficient (Wildman–Crippen LogP) is 4.03. The Kier molecular flexibility index (Phi) is 5.99. The van der Waals surface area contributed by atoms with Crippen LogP contribution in [0.2, 0.25) is 0 Å². The molecule has 2 aromatic heterocycles. The molecular formula is C23H18F2N4O4. The average molecular weight is 452 g/mol. The molecule has 0 aliphatic rings. The zero-order chi connectivity index (χ0) is 23.5. The minimum absolute atomic E-state index is 0.0427. The maximum Gasteiger partial charge on any atom is 0.437 e. The monoisotopic (exact) mass is 452 g/mol. The summed E-state index contributed by atoms with van der Waals surface area (Å²) in [6, 6.07) is 13.0. The molecular weight excluding hydrogens is 434 g/mol. The molecule has 0 saturated carbocycles. The van der Waals surface area contributed by atoms with Crippen molar-refractivity contribution in [2.75, 3.05) is 11.9 Å². The van der Waals surface area contributed by atoms with Gasteiger partial charge in [-0.05, 0) is 31.2 Å². The number of ether oxygens (including phenoxy) is 1. The van der Waals surface area contributed by atoms with Crippen LogP contribution in [0.4, 0.5) is 14.5 Å². The number of nitrogens with zero attached hydrogens (tertiary/aromatic N) is 3. The van der Waals surface area contributed by atoms with Crippen molar-refractivity contribution in [3.05, 3.63) is 82.3 Å². The van der Waals surface area contributed by atoms with E-state index in [0.717, 1.165) is 16.8 Å². The molecule has 10 heteroatoms. The second kappa shape index (κ2) is 9.03. The molecule has 1 amide bonds. The number of pyridine rings is 1. The molecule has 4 rings (SSSR count). The molecule has 0 aliphatic carbocycles. The fourth-order valence-electron chi connectivity index (χ4n) is 3.10. The first-order valence-electron chi connectivity index (χ1n) is 9.91. The molecule has 33 heavy (non-hydrogen) atoms. The molecule has 4 aromatic rings. The maximum absolute atomic E-state index is 13.8. The van der Waals surface area contributed by atoms with Gasteiger partial charge in [0.05, 0.1) is 12.3 Å². The third-order valence-electron chi connectivity index (χ3n) is 4.65. The largest absolute Gasteiger partial charge is 0.494 e. The highest BCUT2D eigenvalue weighted by atomic mass is 19.1. The zero-order valence-corrected chi connectivity index (χ0v) is 17.6. The van der Waals surface area contributed by atoms with Gasteiger partial charge in [0.25, 0.3) is 11.8 Å². The van der Waals surface area contributed by atoms with Crippen LogP contribution in [0.1, 0.15) is 17.3 Å². The van der Waals surface area contributed by atoms with E-state index in [-0.39, 0.29) is 5.89 Å². The number of benzene rings is 2. The van der Waals surface area contributed by atoms with Gasteiger partial charge < -0.3 is 14.5 Å². The number of hydrogen-bond donors (Lipinski definition) is 1. The summed E-state index contributed by atoms with van der Waals surface area (Å²) in [6.45, 7) is 2.24. The highest BCUT2D eigenvalue weighted by Crippen LogP contribution is 2.28. The van der Waals surface area contributed by atoms with Crippen molar-refractivity contribution in [1.82, 2.24) is 14.8 Å². The first-order chi connectivity index (χ1) is 15.9. The van der Waals surface area contributed by atoms with E-state index in [4.69, 9.17) is 9.15 Å². The van der Waals surface area contributed by atoms with Crippen molar-refractivity contribution in [3.63, 3.8) is 0 Å². The summed E-state index contributed by atoms with van der Waals surface area (Å²) < 4.78 is 39.4. The van der Waals surface area contributed by atoms with Crippen molar-refractivity contribution in [2.24, 2.45) is 7.05 Å². The lowest BCUT2D eigenvalue weighted by atomic mass is 10.1. The Morgan fingerprint density at radius 1 is 1.09 bits per heavy atom. The van der Waals surface area contributed by atoms with Crippen LogP contribution >= 0.6 is 0 Å². The Balaban J connectivity index is 1.63. The summed E-state index contributed by atoms with van der Waals surface area (Å²) in [4.78, 5) is 28.4. The zero-order valence-electron chi connectivity index (χ0n) is 17.6. The normalized spacial score (nSPS) is 10.8. The number of hydrogen-bond acceptors (Lipinski definition) is 6. The Hall–Kier alpha value is -4.34. The van der Waals surface area contributed by atoms with Crippen LogP contribution in [0.15, 0.2) is 63.8 Å². The lowest BCUT2D eigenvalue weighted by Crippen LogP contribution is -2.15. The van der Waals surface area contributed by atoms with E-state index < -0.39 is 28.9 Å². The molecule has 2 heterocycles. The summed E-state index contributed by atoms with van der Waals surface area (Å²) in [5.74, 6) is -2.88. The Bertz CT molecular complexity index is 1360. The Morgan fingerprint density at radius 2 is 1.76 bits per heavy atom. The second-order valence-corrected chi connectivity index (χ2v) is 6.93. The lowest BCUT2D eigenvalue weighted by Gasteiger charge is -2.10. The van der Waals surface area contributed by atoms with Gasteiger partial charge >= 0.3 is 5.76 Å². The minimum Gasteiger partial charge on any atom is -0.494 e. The van der Waals surface area contributed by atoms with E-state index in [9.17, 15) is 18.4 Å². The van der Waals surface area contributed by atoms with Crippen LogP contribution in [0, 0.1) is 11.6 Å². The molecule has 0 atom stereocenters. The molecule has 1 N–H and O–H groups in total. The molecule has 0 fully saturated rings. The van der Waals surface area contributed by atoms with Crippen LogP contribution in [0.3, 0.4) is 0 Å². The maximum atomic E-state index is 13.8. The van der Waals surface area contributed by atoms with Gasteiger partial charge in [-0.15, -0.1) is 5.10 Å². The summed E-state index contributed by atoms with van der Waals surface area (Å²) in [7, 11) is 1.46. The molecule has 0 aliphatic heterocycles. The molecule has 168 valence electrons. The van der Waals surface area contributed by atoms with Crippen molar-refractivity contribution in [2.45, 2.75) is 6.92 Å². The van der Waals surface area contributed by atoms with Gasteiger partial charge in [-0.1, -0.05) is 18.2 Å². The SMILES string of the molecule is CCOc1cc(-c2ccc(NC(=O)c3c(F)cccc3F)cc2)nc(-c2nn(C)c(=O)o2)c1. The topological polar surface area (TPSA) is 99.2 Å². The third kappa shape index (κ3) is 4.64.